The first-order valence-corrected chi connectivity index (χ1v) is 9.24. The molecular weight excluding hydrogens is 322 g/mol. The maximum absolute atomic E-state index is 12.2. The molecule has 1 fully saturated rings. The second-order valence-electron chi connectivity index (χ2n) is 7.35. The van der Waals surface area contributed by atoms with Gasteiger partial charge >= 0.3 is 0 Å². The molecule has 0 bridgehead atoms. The highest BCUT2D eigenvalue weighted by molar-refractivity contribution is 5.85. The molecule has 1 aliphatic rings. The average molecular weight is 347 g/mol. The Balaban J connectivity index is 1.67. The SMILES string of the molecule is CN(C)c1ccc([C@@H](CNC(=O)C2CC2)c2c[nH]c3ccccc23)cc1. The highest BCUT2D eigenvalue weighted by atomic mass is 16.2. The molecule has 0 aliphatic heterocycles. The van der Waals surface area contributed by atoms with E-state index in [1.165, 1.54) is 22.2 Å². The number of anilines is 1. The molecule has 0 spiro atoms. The molecule has 3 aromatic rings. The van der Waals surface area contributed by atoms with Crippen LogP contribution in [-0.2, 0) is 4.79 Å². The maximum Gasteiger partial charge on any atom is 0.223 e. The van der Waals surface area contributed by atoms with Crippen LogP contribution in [0.15, 0.2) is 54.7 Å². The molecule has 26 heavy (non-hydrogen) atoms. The largest absolute Gasteiger partial charge is 0.378 e. The second kappa shape index (κ2) is 6.87. The number of amides is 1. The maximum atomic E-state index is 12.2. The number of aromatic nitrogens is 1. The third-order valence-electron chi connectivity index (χ3n) is 5.24. The number of hydrogen-bond acceptors (Lipinski definition) is 2. The fourth-order valence-electron chi connectivity index (χ4n) is 3.49. The molecule has 4 rings (SSSR count). The van der Waals surface area contributed by atoms with Crippen molar-refractivity contribution in [3.63, 3.8) is 0 Å². The van der Waals surface area contributed by atoms with Crippen molar-refractivity contribution < 1.29 is 4.79 Å². The Morgan fingerprint density at radius 2 is 1.88 bits per heavy atom. The van der Waals surface area contributed by atoms with Crippen LogP contribution in [-0.4, -0.2) is 31.5 Å². The van der Waals surface area contributed by atoms with Gasteiger partial charge in [-0.05, 0) is 42.2 Å². The molecule has 1 heterocycles. The van der Waals surface area contributed by atoms with E-state index < -0.39 is 0 Å². The van der Waals surface area contributed by atoms with Gasteiger partial charge in [-0.3, -0.25) is 4.79 Å². The molecule has 4 nitrogen and oxygen atoms in total. The van der Waals surface area contributed by atoms with Gasteiger partial charge in [0.15, 0.2) is 0 Å². The van der Waals surface area contributed by atoms with Crippen LogP contribution in [0.5, 0.6) is 0 Å². The van der Waals surface area contributed by atoms with Crippen molar-refractivity contribution in [1.29, 1.82) is 0 Å². The van der Waals surface area contributed by atoms with E-state index in [2.05, 4.69) is 63.9 Å². The van der Waals surface area contributed by atoms with Crippen LogP contribution in [0.4, 0.5) is 5.69 Å². The Bertz CT molecular complexity index is 907. The van der Waals surface area contributed by atoms with Crippen LogP contribution in [0.1, 0.15) is 29.9 Å². The van der Waals surface area contributed by atoms with Crippen molar-refractivity contribution in [2.75, 3.05) is 25.5 Å². The lowest BCUT2D eigenvalue weighted by atomic mass is 9.90. The number of carbonyl (C=O) groups excluding carboxylic acids is 1. The van der Waals surface area contributed by atoms with E-state index in [9.17, 15) is 4.79 Å². The van der Waals surface area contributed by atoms with Gasteiger partial charge in [0.05, 0.1) is 0 Å². The first-order valence-electron chi connectivity index (χ1n) is 9.24. The Morgan fingerprint density at radius 3 is 2.58 bits per heavy atom. The fourth-order valence-corrected chi connectivity index (χ4v) is 3.49. The minimum absolute atomic E-state index is 0.130. The summed E-state index contributed by atoms with van der Waals surface area (Å²) < 4.78 is 0. The van der Waals surface area contributed by atoms with Crippen LogP contribution in [0, 0.1) is 5.92 Å². The molecule has 2 aromatic carbocycles. The minimum atomic E-state index is 0.130. The number of aromatic amines is 1. The monoisotopic (exact) mass is 347 g/mol. The van der Waals surface area contributed by atoms with Gasteiger partial charge in [0, 0.05) is 55.3 Å². The normalized spacial score (nSPS) is 15.0. The predicted octanol–water partition coefficient (Wildman–Crippen LogP) is 3.89. The lowest BCUT2D eigenvalue weighted by Crippen LogP contribution is -2.30. The number of benzene rings is 2. The summed E-state index contributed by atoms with van der Waals surface area (Å²) in [6.07, 6.45) is 4.14. The number of para-hydroxylation sites is 1. The lowest BCUT2D eigenvalue weighted by molar-refractivity contribution is -0.122. The highest BCUT2D eigenvalue weighted by Crippen LogP contribution is 2.33. The molecule has 1 aromatic heterocycles. The van der Waals surface area contributed by atoms with Crippen molar-refractivity contribution in [3.05, 3.63) is 65.9 Å². The number of nitrogens with one attached hydrogen (secondary N) is 2. The molecule has 1 saturated carbocycles. The number of H-pyrrole nitrogens is 1. The summed E-state index contributed by atoms with van der Waals surface area (Å²) in [5.41, 5.74) is 4.75. The van der Waals surface area contributed by atoms with E-state index in [0.29, 0.717) is 6.54 Å². The van der Waals surface area contributed by atoms with Crippen molar-refractivity contribution in [1.82, 2.24) is 10.3 Å². The number of fused-ring (bicyclic) bond motifs is 1. The van der Waals surface area contributed by atoms with Crippen LogP contribution in [0.3, 0.4) is 0 Å². The fraction of sp³-hybridized carbons (Fsp3) is 0.318. The quantitative estimate of drug-likeness (QED) is 0.711. The number of carbonyl (C=O) groups is 1. The van der Waals surface area contributed by atoms with Gasteiger partial charge < -0.3 is 15.2 Å². The van der Waals surface area contributed by atoms with E-state index in [1.807, 2.05) is 20.2 Å². The van der Waals surface area contributed by atoms with E-state index in [0.717, 1.165) is 18.4 Å². The molecule has 0 unspecified atom stereocenters. The molecule has 4 heteroatoms. The van der Waals surface area contributed by atoms with E-state index in [4.69, 9.17) is 0 Å². The summed E-state index contributed by atoms with van der Waals surface area (Å²) in [7, 11) is 4.09. The van der Waals surface area contributed by atoms with Crippen molar-refractivity contribution in [2.24, 2.45) is 5.92 Å². The van der Waals surface area contributed by atoms with Crippen LogP contribution in [0.2, 0.25) is 0 Å². The average Bonchev–Trinajstić information content (AvgIpc) is 3.43. The molecule has 1 aliphatic carbocycles. The van der Waals surface area contributed by atoms with Crippen LogP contribution in [0.25, 0.3) is 10.9 Å². The summed E-state index contributed by atoms with van der Waals surface area (Å²) in [6.45, 7) is 0.624. The van der Waals surface area contributed by atoms with Crippen molar-refractivity contribution in [2.45, 2.75) is 18.8 Å². The Kier molecular flexibility index (Phi) is 4.41. The van der Waals surface area contributed by atoms with E-state index >= 15 is 0 Å². The smallest absolute Gasteiger partial charge is 0.223 e. The van der Waals surface area contributed by atoms with E-state index in [1.54, 1.807) is 0 Å². The summed E-state index contributed by atoms with van der Waals surface area (Å²) >= 11 is 0. The van der Waals surface area contributed by atoms with Gasteiger partial charge in [-0.2, -0.15) is 0 Å². The third-order valence-corrected chi connectivity index (χ3v) is 5.24. The summed E-state index contributed by atoms with van der Waals surface area (Å²) in [5.74, 6) is 0.555. The van der Waals surface area contributed by atoms with Gasteiger partial charge in [-0.1, -0.05) is 30.3 Å². The first-order chi connectivity index (χ1) is 12.6. The molecule has 134 valence electrons. The Morgan fingerprint density at radius 1 is 1.15 bits per heavy atom. The first kappa shape index (κ1) is 16.7. The number of nitrogens with zero attached hydrogens (tertiary/aromatic N) is 1. The predicted molar refractivity (Wildman–Crippen MR) is 107 cm³/mol. The highest BCUT2D eigenvalue weighted by Gasteiger charge is 2.30. The Hall–Kier alpha value is -2.75. The topological polar surface area (TPSA) is 48.1 Å². The lowest BCUT2D eigenvalue weighted by Gasteiger charge is -2.20. The van der Waals surface area contributed by atoms with Gasteiger partial charge in [0.2, 0.25) is 5.91 Å². The molecule has 2 N–H and O–H groups in total. The summed E-state index contributed by atoms with van der Waals surface area (Å²) in [4.78, 5) is 17.7. The molecule has 0 radical (unpaired) electrons. The standard InChI is InChI=1S/C22H25N3O/c1-25(2)17-11-9-15(10-12-17)19(13-24-22(26)16-7-8-16)20-14-23-21-6-4-3-5-18(20)21/h3-6,9-12,14,16,19,23H,7-8,13H2,1-2H3,(H,24,26)/t19-/m1/s1. The molecular formula is C22H25N3O. The molecule has 0 saturated heterocycles. The second-order valence-corrected chi connectivity index (χ2v) is 7.35. The van der Waals surface area contributed by atoms with Crippen LogP contribution >= 0.6 is 0 Å². The summed E-state index contributed by atoms with van der Waals surface area (Å²) in [5, 5.41) is 4.39. The van der Waals surface area contributed by atoms with E-state index in [-0.39, 0.29) is 17.7 Å². The Labute approximate surface area is 154 Å². The van der Waals surface area contributed by atoms with Gasteiger partial charge in [0.25, 0.3) is 0 Å². The zero-order chi connectivity index (χ0) is 18.1. The van der Waals surface area contributed by atoms with Crippen LogP contribution < -0.4 is 10.2 Å². The number of hydrogen-bond donors (Lipinski definition) is 2. The number of rotatable bonds is 6. The molecule has 1 atom stereocenters. The molecule has 1 amide bonds. The van der Waals surface area contributed by atoms with Crippen molar-refractivity contribution >= 4 is 22.5 Å². The zero-order valence-electron chi connectivity index (χ0n) is 15.3. The minimum Gasteiger partial charge on any atom is -0.378 e. The van der Waals surface area contributed by atoms with Gasteiger partial charge in [0.1, 0.15) is 0 Å². The zero-order valence-corrected chi connectivity index (χ0v) is 15.3. The van der Waals surface area contributed by atoms with Crippen molar-refractivity contribution in [3.8, 4) is 0 Å². The third kappa shape index (κ3) is 3.32. The van der Waals surface area contributed by atoms with Gasteiger partial charge in [-0.25, -0.2) is 0 Å². The van der Waals surface area contributed by atoms with Gasteiger partial charge in [-0.15, -0.1) is 0 Å². The summed E-state index contributed by atoms with van der Waals surface area (Å²) in [6, 6.07) is 17.0.